The molecule has 0 spiro atoms. The molecule has 1 saturated carbocycles. The molecule has 1 aliphatic rings. The summed E-state index contributed by atoms with van der Waals surface area (Å²) >= 11 is 0. The summed E-state index contributed by atoms with van der Waals surface area (Å²) in [5.41, 5.74) is 4.82. The van der Waals surface area contributed by atoms with Crippen molar-refractivity contribution in [2.75, 3.05) is 19.8 Å². The Hall–Kier alpha value is -0.750. The maximum absolute atomic E-state index is 11.9. The van der Waals surface area contributed by atoms with Gasteiger partial charge in [-0.25, -0.2) is 8.78 Å². The Morgan fingerprint density at radius 1 is 1.61 bits per heavy atom. The van der Waals surface area contributed by atoms with Crippen molar-refractivity contribution in [2.45, 2.75) is 44.6 Å². The summed E-state index contributed by atoms with van der Waals surface area (Å²) in [4.78, 5) is 11.7. The number of primary amides is 1. The van der Waals surface area contributed by atoms with Crippen LogP contribution in [0.15, 0.2) is 0 Å². The van der Waals surface area contributed by atoms with E-state index in [-0.39, 0.29) is 18.4 Å². The van der Waals surface area contributed by atoms with E-state index in [2.05, 4.69) is 5.32 Å². The molecule has 3 N–H and O–H groups in total. The Bertz CT molecular complexity index is 277. The molecule has 106 valence electrons. The lowest BCUT2D eigenvalue weighted by Crippen LogP contribution is -2.58. The fourth-order valence-electron chi connectivity index (χ4n) is 2.83. The first kappa shape index (κ1) is 15.3. The molecule has 0 saturated heterocycles. The van der Waals surface area contributed by atoms with Crippen LogP contribution >= 0.6 is 0 Å². The SMILES string of the molecule is CCNC1(C(N)=O)CCCC1CCOCC(F)F. The van der Waals surface area contributed by atoms with Gasteiger partial charge in [-0.3, -0.25) is 4.79 Å². The zero-order valence-corrected chi connectivity index (χ0v) is 10.8. The number of halogens is 2. The van der Waals surface area contributed by atoms with Crippen molar-refractivity contribution in [1.82, 2.24) is 5.32 Å². The number of nitrogens with two attached hydrogens (primary N) is 1. The van der Waals surface area contributed by atoms with E-state index in [1.165, 1.54) is 0 Å². The maximum Gasteiger partial charge on any atom is 0.261 e. The molecule has 0 heterocycles. The first-order valence-electron chi connectivity index (χ1n) is 6.43. The molecule has 1 rings (SSSR count). The Balaban J connectivity index is 2.49. The number of hydrogen-bond acceptors (Lipinski definition) is 3. The quantitative estimate of drug-likeness (QED) is 0.649. The van der Waals surface area contributed by atoms with Crippen molar-refractivity contribution >= 4 is 5.91 Å². The summed E-state index contributed by atoms with van der Waals surface area (Å²) in [5.74, 6) is -0.270. The van der Waals surface area contributed by atoms with Crippen LogP contribution < -0.4 is 11.1 Å². The van der Waals surface area contributed by atoms with Crippen LogP contribution in [0, 0.1) is 5.92 Å². The lowest BCUT2D eigenvalue weighted by molar-refractivity contribution is -0.126. The average Bonchev–Trinajstić information content (AvgIpc) is 2.69. The molecular formula is C12H22F2N2O2. The minimum atomic E-state index is -2.44. The lowest BCUT2D eigenvalue weighted by atomic mass is 9.84. The van der Waals surface area contributed by atoms with Gasteiger partial charge in [-0.15, -0.1) is 0 Å². The Morgan fingerprint density at radius 2 is 2.33 bits per heavy atom. The van der Waals surface area contributed by atoms with Gasteiger partial charge in [-0.1, -0.05) is 13.3 Å². The third kappa shape index (κ3) is 3.62. The van der Waals surface area contributed by atoms with E-state index in [9.17, 15) is 13.6 Å². The molecule has 0 radical (unpaired) electrons. The molecule has 1 aliphatic carbocycles. The van der Waals surface area contributed by atoms with Crippen LogP contribution in [0.4, 0.5) is 8.78 Å². The second-order valence-electron chi connectivity index (χ2n) is 4.71. The van der Waals surface area contributed by atoms with Crippen molar-refractivity contribution in [2.24, 2.45) is 11.7 Å². The summed E-state index contributed by atoms with van der Waals surface area (Å²) in [6, 6.07) is 0. The van der Waals surface area contributed by atoms with Crippen molar-refractivity contribution in [1.29, 1.82) is 0 Å². The topological polar surface area (TPSA) is 64.3 Å². The predicted octanol–water partition coefficient (Wildman–Crippen LogP) is 1.29. The van der Waals surface area contributed by atoms with Gasteiger partial charge in [-0.2, -0.15) is 0 Å². The summed E-state index contributed by atoms with van der Waals surface area (Å²) in [6.45, 7) is 2.29. The van der Waals surface area contributed by atoms with Crippen molar-refractivity contribution in [3.05, 3.63) is 0 Å². The van der Waals surface area contributed by atoms with Crippen LogP contribution in [-0.4, -0.2) is 37.6 Å². The number of likely N-dealkylation sites (N-methyl/N-ethyl adjacent to an activating group) is 1. The van der Waals surface area contributed by atoms with Gasteiger partial charge in [0.1, 0.15) is 12.1 Å². The highest BCUT2D eigenvalue weighted by Gasteiger charge is 2.46. The van der Waals surface area contributed by atoms with Gasteiger partial charge >= 0.3 is 0 Å². The molecule has 1 amide bonds. The van der Waals surface area contributed by atoms with Crippen LogP contribution in [0.3, 0.4) is 0 Å². The fourth-order valence-corrected chi connectivity index (χ4v) is 2.83. The zero-order chi connectivity index (χ0) is 13.6. The van der Waals surface area contributed by atoms with Gasteiger partial charge < -0.3 is 15.8 Å². The molecule has 2 unspecified atom stereocenters. The van der Waals surface area contributed by atoms with E-state index < -0.39 is 18.6 Å². The number of carbonyl (C=O) groups is 1. The highest BCUT2D eigenvalue weighted by atomic mass is 19.3. The maximum atomic E-state index is 11.9. The highest BCUT2D eigenvalue weighted by Crippen LogP contribution is 2.37. The van der Waals surface area contributed by atoms with Crippen LogP contribution in [0.1, 0.15) is 32.6 Å². The molecule has 0 aliphatic heterocycles. The molecule has 0 bridgehead atoms. The predicted molar refractivity (Wildman–Crippen MR) is 64.4 cm³/mol. The highest BCUT2D eigenvalue weighted by molar-refractivity contribution is 5.85. The number of carbonyl (C=O) groups excluding carboxylic acids is 1. The second kappa shape index (κ2) is 6.99. The lowest BCUT2D eigenvalue weighted by Gasteiger charge is -2.33. The Labute approximate surface area is 106 Å². The fraction of sp³-hybridized carbons (Fsp3) is 0.917. The third-order valence-corrected chi connectivity index (χ3v) is 3.61. The first-order chi connectivity index (χ1) is 8.53. The number of rotatable bonds is 8. The van der Waals surface area contributed by atoms with Crippen LogP contribution in [0.2, 0.25) is 0 Å². The average molecular weight is 264 g/mol. The molecule has 6 heteroatoms. The van der Waals surface area contributed by atoms with E-state index in [0.29, 0.717) is 13.0 Å². The number of amides is 1. The largest absolute Gasteiger partial charge is 0.376 e. The van der Waals surface area contributed by atoms with Crippen LogP contribution in [0.25, 0.3) is 0 Å². The number of nitrogens with one attached hydrogen (secondary N) is 1. The van der Waals surface area contributed by atoms with Gasteiger partial charge in [-0.05, 0) is 31.7 Å². The molecule has 0 aromatic carbocycles. The molecule has 0 aromatic rings. The van der Waals surface area contributed by atoms with E-state index in [0.717, 1.165) is 19.3 Å². The zero-order valence-electron chi connectivity index (χ0n) is 10.8. The summed E-state index contributed by atoms with van der Waals surface area (Å²) in [5, 5.41) is 3.18. The van der Waals surface area contributed by atoms with Gasteiger partial charge in [0.15, 0.2) is 0 Å². The summed E-state index contributed by atoms with van der Waals surface area (Å²) in [7, 11) is 0. The van der Waals surface area contributed by atoms with Gasteiger partial charge in [0.25, 0.3) is 6.43 Å². The Morgan fingerprint density at radius 3 is 2.89 bits per heavy atom. The molecule has 2 atom stereocenters. The normalized spacial score (nSPS) is 27.9. The van der Waals surface area contributed by atoms with Crippen molar-refractivity contribution in [3.63, 3.8) is 0 Å². The van der Waals surface area contributed by atoms with E-state index in [4.69, 9.17) is 10.5 Å². The van der Waals surface area contributed by atoms with Gasteiger partial charge in [0, 0.05) is 6.61 Å². The monoisotopic (exact) mass is 264 g/mol. The van der Waals surface area contributed by atoms with E-state index >= 15 is 0 Å². The molecule has 0 aromatic heterocycles. The molecule has 1 fully saturated rings. The smallest absolute Gasteiger partial charge is 0.261 e. The first-order valence-corrected chi connectivity index (χ1v) is 6.43. The van der Waals surface area contributed by atoms with Crippen LogP contribution in [-0.2, 0) is 9.53 Å². The number of hydrogen-bond donors (Lipinski definition) is 2. The standard InChI is InChI=1S/C12H22F2N2O2/c1-2-16-12(11(15)17)6-3-4-9(12)5-7-18-8-10(13)14/h9-10,16H,2-8H2,1H3,(H2,15,17). The van der Waals surface area contributed by atoms with Crippen molar-refractivity contribution in [3.8, 4) is 0 Å². The minimum Gasteiger partial charge on any atom is -0.376 e. The summed E-state index contributed by atoms with van der Waals surface area (Å²) in [6.07, 6.45) is 0.671. The molecule has 4 nitrogen and oxygen atoms in total. The Kier molecular flexibility index (Phi) is 5.95. The van der Waals surface area contributed by atoms with Crippen molar-refractivity contribution < 1.29 is 18.3 Å². The third-order valence-electron chi connectivity index (χ3n) is 3.61. The second-order valence-corrected chi connectivity index (χ2v) is 4.71. The van der Waals surface area contributed by atoms with E-state index in [1.54, 1.807) is 0 Å². The number of alkyl halides is 2. The number of ether oxygens (including phenoxy) is 1. The van der Waals surface area contributed by atoms with Crippen LogP contribution in [0.5, 0.6) is 0 Å². The molecule has 18 heavy (non-hydrogen) atoms. The minimum absolute atomic E-state index is 0.0765. The van der Waals surface area contributed by atoms with Gasteiger partial charge in [0.2, 0.25) is 5.91 Å². The summed E-state index contributed by atoms with van der Waals surface area (Å²) < 4.78 is 28.7. The van der Waals surface area contributed by atoms with Gasteiger partial charge in [0.05, 0.1) is 0 Å². The molecular weight excluding hydrogens is 242 g/mol. The van der Waals surface area contributed by atoms with E-state index in [1.807, 2.05) is 6.92 Å².